The molecule has 0 radical (unpaired) electrons. The van der Waals surface area contributed by atoms with Crippen molar-refractivity contribution in [3.8, 4) is 0 Å². The van der Waals surface area contributed by atoms with Gasteiger partial charge in [0.25, 0.3) is 0 Å². The third-order valence-electron chi connectivity index (χ3n) is 4.12. The van der Waals surface area contributed by atoms with Crippen LogP contribution < -0.4 is 10.6 Å². The summed E-state index contributed by atoms with van der Waals surface area (Å²) in [6.07, 6.45) is -1.84. The minimum atomic E-state index is -4.56. The van der Waals surface area contributed by atoms with Crippen molar-refractivity contribution in [2.45, 2.75) is 32.9 Å². The van der Waals surface area contributed by atoms with Crippen LogP contribution in [0.5, 0.6) is 0 Å². The number of anilines is 4. The number of aryl methyl sites for hydroxylation is 2. The molecule has 0 amide bonds. The fourth-order valence-electron chi connectivity index (χ4n) is 2.78. The van der Waals surface area contributed by atoms with Gasteiger partial charge < -0.3 is 10.6 Å². The Labute approximate surface area is 161 Å². The van der Waals surface area contributed by atoms with Crippen molar-refractivity contribution in [3.05, 3.63) is 71.4 Å². The molecule has 0 atom stereocenters. The van der Waals surface area contributed by atoms with Crippen LogP contribution in [0.1, 0.15) is 30.0 Å². The summed E-state index contributed by atoms with van der Waals surface area (Å²) in [7, 11) is 0. The molecule has 0 unspecified atom stereocenters. The van der Waals surface area contributed by atoms with Gasteiger partial charge in [0.2, 0.25) is 5.95 Å². The molecule has 0 fully saturated rings. The summed E-state index contributed by atoms with van der Waals surface area (Å²) in [5.74, 6) is -0.204. The van der Waals surface area contributed by atoms with Crippen LogP contribution in [0, 0.1) is 6.92 Å². The molecule has 28 heavy (non-hydrogen) atoms. The highest BCUT2D eigenvalue weighted by Gasteiger charge is 2.35. The van der Waals surface area contributed by atoms with Gasteiger partial charge in [0.05, 0.1) is 0 Å². The van der Waals surface area contributed by atoms with Crippen LogP contribution in [0.2, 0.25) is 0 Å². The van der Waals surface area contributed by atoms with E-state index in [1.54, 1.807) is 18.2 Å². The maximum Gasteiger partial charge on any atom is 0.421 e. The molecule has 2 aromatic carbocycles. The largest absolute Gasteiger partial charge is 0.421 e. The lowest BCUT2D eigenvalue weighted by molar-refractivity contribution is -0.137. The van der Waals surface area contributed by atoms with E-state index in [1.165, 1.54) is 0 Å². The molecular weight excluding hydrogens is 365 g/mol. The highest BCUT2D eigenvalue weighted by atomic mass is 19.4. The molecule has 0 aliphatic heterocycles. The molecule has 2 N–H and O–H groups in total. The molecule has 0 aliphatic carbocycles. The van der Waals surface area contributed by atoms with E-state index in [4.69, 9.17) is 0 Å². The molecule has 4 nitrogen and oxygen atoms in total. The Bertz CT molecular complexity index is 937. The zero-order valence-electron chi connectivity index (χ0n) is 15.6. The first kappa shape index (κ1) is 19.7. The van der Waals surface area contributed by atoms with Crippen LogP contribution >= 0.6 is 0 Å². The SMILES string of the molecule is CCCc1ccc(Nc2nc(Nc3cccc(C)c3)ncc2C(F)(F)F)cc1. The smallest absolute Gasteiger partial charge is 0.340 e. The standard InChI is InChI=1S/C21H21F3N4/c1-3-5-15-8-10-16(11-9-15)26-19-18(21(22,23)24)13-25-20(28-19)27-17-7-4-6-14(2)12-17/h4,6-13H,3,5H2,1-2H3,(H2,25,26,27,28). The lowest BCUT2D eigenvalue weighted by atomic mass is 10.1. The summed E-state index contributed by atoms with van der Waals surface area (Å²) >= 11 is 0. The fraction of sp³-hybridized carbons (Fsp3) is 0.238. The van der Waals surface area contributed by atoms with E-state index < -0.39 is 11.7 Å². The Kier molecular flexibility index (Phi) is 5.82. The summed E-state index contributed by atoms with van der Waals surface area (Å²) in [5, 5.41) is 5.72. The van der Waals surface area contributed by atoms with Gasteiger partial charge in [0, 0.05) is 17.6 Å². The van der Waals surface area contributed by atoms with Crippen molar-refractivity contribution in [3.63, 3.8) is 0 Å². The fourth-order valence-corrected chi connectivity index (χ4v) is 2.78. The van der Waals surface area contributed by atoms with Gasteiger partial charge in [-0.15, -0.1) is 0 Å². The molecule has 146 valence electrons. The molecular formula is C21H21F3N4. The zero-order valence-corrected chi connectivity index (χ0v) is 15.6. The monoisotopic (exact) mass is 386 g/mol. The number of nitrogens with one attached hydrogen (secondary N) is 2. The van der Waals surface area contributed by atoms with Crippen LogP contribution in [0.4, 0.5) is 36.3 Å². The second-order valence-electron chi connectivity index (χ2n) is 6.52. The highest BCUT2D eigenvalue weighted by molar-refractivity contribution is 5.63. The van der Waals surface area contributed by atoms with Crippen LogP contribution in [0.25, 0.3) is 0 Å². The predicted octanol–water partition coefficient (Wildman–Crippen LogP) is 6.24. The van der Waals surface area contributed by atoms with Gasteiger partial charge in [-0.05, 0) is 48.7 Å². The molecule has 0 aliphatic rings. The van der Waals surface area contributed by atoms with E-state index in [-0.39, 0.29) is 11.8 Å². The summed E-state index contributed by atoms with van der Waals surface area (Å²) in [4.78, 5) is 7.89. The molecule has 0 bridgehead atoms. The van der Waals surface area contributed by atoms with E-state index in [0.717, 1.165) is 30.2 Å². The number of benzene rings is 2. The van der Waals surface area contributed by atoms with E-state index in [1.807, 2.05) is 37.3 Å². The normalized spacial score (nSPS) is 11.3. The number of halogens is 3. The highest BCUT2D eigenvalue weighted by Crippen LogP contribution is 2.35. The number of hydrogen-bond acceptors (Lipinski definition) is 4. The van der Waals surface area contributed by atoms with Crippen molar-refractivity contribution in [2.24, 2.45) is 0 Å². The van der Waals surface area contributed by atoms with Crippen LogP contribution in [-0.2, 0) is 12.6 Å². The molecule has 0 saturated carbocycles. The molecule has 3 aromatic rings. The first-order chi connectivity index (χ1) is 13.3. The summed E-state index contributed by atoms with van der Waals surface area (Å²) < 4.78 is 40.2. The Morgan fingerprint density at radius 2 is 1.71 bits per heavy atom. The number of nitrogens with zero attached hydrogens (tertiary/aromatic N) is 2. The van der Waals surface area contributed by atoms with Gasteiger partial charge in [-0.1, -0.05) is 37.6 Å². The van der Waals surface area contributed by atoms with Crippen molar-refractivity contribution in [1.82, 2.24) is 9.97 Å². The number of aromatic nitrogens is 2. The van der Waals surface area contributed by atoms with Crippen molar-refractivity contribution in [1.29, 1.82) is 0 Å². The number of alkyl halides is 3. The predicted molar refractivity (Wildman–Crippen MR) is 105 cm³/mol. The third-order valence-corrected chi connectivity index (χ3v) is 4.12. The summed E-state index contributed by atoms with van der Waals surface area (Å²) in [6.45, 7) is 4.00. The second kappa shape index (κ2) is 8.29. The van der Waals surface area contributed by atoms with Crippen LogP contribution in [0.15, 0.2) is 54.7 Å². The van der Waals surface area contributed by atoms with E-state index in [2.05, 4.69) is 27.5 Å². The lowest BCUT2D eigenvalue weighted by Gasteiger charge is -2.15. The summed E-state index contributed by atoms with van der Waals surface area (Å²) in [5.41, 5.74) is 2.47. The first-order valence-electron chi connectivity index (χ1n) is 8.99. The molecule has 7 heteroatoms. The van der Waals surface area contributed by atoms with Gasteiger partial charge in [0.1, 0.15) is 11.4 Å². The van der Waals surface area contributed by atoms with Gasteiger partial charge in [-0.25, -0.2) is 4.98 Å². The van der Waals surface area contributed by atoms with E-state index in [0.29, 0.717) is 11.4 Å². The molecule has 1 aromatic heterocycles. The van der Waals surface area contributed by atoms with Gasteiger partial charge >= 0.3 is 6.18 Å². The maximum absolute atomic E-state index is 13.4. The molecule has 3 rings (SSSR count). The molecule has 1 heterocycles. The van der Waals surface area contributed by atoms with E-state index in [9.17, 15) is 13.2 Å². The maximum atomic E-state index is 13.4. The Morgan fingerprint density at radius 3 is 2.36 bits per heavy atom. The zero-order chi connectivity index (χ0) is 20.1. The van der Waals surface area contributed by atoms with Crippen LogP contribution in [-0.4, -0.2) is 9.97 Å². The topological polar surface area (TPSA) is 49.8 Å². The Balaban J connectivity index is 1.90. The van der Waals surface area contributed by atoms with Gasteiger partial charge in [0.15, 0.2) is 0 Å². The van der Waals surface area contributed by atoms with Gasteiger partial charge in [-0.2, -0.15) is 18.2 Å². The van der Waals surface area contributed by atoms with Crippen molar-refractivity contribution in [2.75, 3.05) is 10.6 Å². The third kappa shape index (κ3) is 5.00. The Morgan fingerprint density at radius 1 is 0.964 bits per heavy atom. The lowest BCUT2D eigenvalue weighted by Crippen LogP contribution is -2.12. The van der Waals surface area contributed by atoms with Crippen molar-refractivity contribution >= 4 is 23.1 Å². The van der Waals surface area contributed by atoms with Crippen LogP contribution in [0.3, 0.4) is 0 Å². The molecule has 0 spiro atoms. The van der Waals surface area contributed by atoms with Crippen molar-refractivity contribution < 1.29 is 13.2 Å². The average molecular weight is 386 g/mol. The minimum Gasteiger partial charge on any atom is -0.340 e. The summed E-state index contributed by atoms with van der Waals surface area (Å²) in [6, 6.07) is 14.7. The number of hydrogen-bond donors (Lipinski definition) is 2. The average Bonchev–Trinajstić information content (AvgIpc) is 2.63. The minimum absolute atomic E-state index is 0.0868. The quantitative estimate of drug-likeness (QED) is 0.526. The Hall–Kier alpha value is -3.09. The second-order valence-corrected chi connectivity index (χ2v) is 6.52. The molecule has 0 saturated heterocycles. The van der Waals surface area contributed by atoms with Gasteiger partial charge in [-0.3, -0.25) is 0 Å². The first-order valence-corrected chi connectivity index (χ1v) is 8.99. The number of rotatable bonds is 6. The van der Waals surface area contributed by atoms with E-state index >= 15 is 0 Å².